The zero-order valence-corrected chi connectivity index (χ0v) is 16.1. The maximum absolute atomic E-state index is 11.5. The standard InChI is InChI=1S/C18H25N3O2S2/c1-2-25(22,23)20-11-14-3-6-17(7-4-14)21-18-8-5-15(12-19-18)16-9-10-24-13-16/h5,8-10,12-14,17,20H,2-4,6-7,11H2,1H3,(H,19,21). The first-order valence-corrected chi connectivity index (χ1v) is 11.4. The highest BCUT2D eigenvalue weighted by Gasteiger charge is 2.22. The number of nitrogens with zero attached hydrogens (tertiary/aromatic N) is 1. The van der Waals surface area contributed by atoms with Crippen LogP contribution in [0.4, 0.5) is 5.82 Å². The minimum atomic E-state index is -3.08. The second-order valence-corrected chi connectivity index (χ2v) is 9.43. The van der Waals surface area contributed by atoms with Crippen LogP contribution < -0.4 is 10.0 Å². The molecule has 3 rings (SSSR count). The van der Waals surface area contributed by atoms with E-state index in [9.17, 15) is 8.42 Å². The van der Waals surface area contributed by atoms with Gasteiger partial charge < -0.3 is 5.32 Å². The van der Waals surface area contributed by atoms with E-state index >= 15 is 0 Å². The van der Waals surface area contributed by atoms with Crippen molar-refractivity contribution in [3.05, 3.63) is 35.2 Å². The predicted molar refractivity (Wildman–Crippen MR) is 104 cm³/mol. The lowest BCUT2D eigenvalue weighted by Gasteiger charge is -2.29. The third kappa shape index (κ3) is 5.26. The monoisotopic (exact) mass is 379 g/mol. The fourth-order valence-corrected chi connectivity index (χ4v) is 4.50. The van der Waals surface area contributed by atoms with Gasteiger partial charge in [0.25, 0.3) is 0 Å². The Morgan fingerprint density at radius 2 is 1.96 bits per heavy atom. The van der Waals surface area contributed by atoms with Gasteiger partial charge in [0.1, 0.15) is 5.82 Å². The number of pyridine rings is 1. The molecule has 2 heterocycles. The van der Waals surface area contributed by atoms with Crippen LogP contribution in [0.3, 0.4) is 0 Å². The molecule has 0 bridgehead atoms. The molecule has 0 unspecified atom stereocenters. The van der Waals surface area contributed by atoms with Crippen LogP contribution in [0.25, 0.3) is 11.1 Å². The zero-order chi connectivity index (χ0) is 17.7. The molecule has 1 saturated carbocycles. The van der Waals surface area contributed by atoms with Gasteiger partial charge in [-0.25, -0.2) is 18.1 Å². The molecule has 0 radical (unpaired) electrons. The summed E-state index contributed by atoms with van der Waals surface area (Å²) in [6.45, 7) is 2.23. The Morgan fingerprint density at radius 1 is 1.16 bits per heavy atom. The highest BCUT2D eigenvalue weighted by Crippen LogP contribution is 2.27. The number of hydrogen-bond donors (Lipinski definition) is 2. The van der Waals surface area contributed by atoms with Crippen LogP contribution in [-0.2, 0) is 10.0 Å². The van der Waals surface area contributed by atoms with E-state index in [1.54, 1.807) is 18.3 Å². The van der Waals surface area contributed by atoms with Gasteiger partial charge in [0, 0.05) is 24.3 Å². The maximum Gasteiger partial charge on any atom is 0.211 e. The van der Waals surface area contributed by atoms with Crippen LogP contribution >= 0.6 is 11.3 Å². The highest BCUT2D eigenvalue weighted by atomic mass is 32.2. The molecule has 136 valence electrons. The summed E-state index contributed by atoms with van der Waals surface area (Å²) >= 11 is 1.69. The molecular weight excluding hydrogens is 354 g/mol. The first kappa shape index (κ1) is 18.4. The summed E-state index contributed by atoms with van der Waals surface area (Å²) in [5.74, 6) is 1.50. The van der Waals surface area contributed by atoms with Gasteiger partial charge in [-0.05, 0) is 73.0 Å². The summed E-state index contributed by atoms with van der Waals surface area (Å²) in [5, 5.41) is 7.70. The van der Waals surface area contributed by atoms with E-state index in [0.29, 0.717) is 18.5 Å². The average molecular weight is 380 g/mol. The van der Waals surface area contributed by atoms with Crippen molar-refractivity contribution in [2.24, 2.45) is 5.92 Å². The van der Waals surface area contributed by atoms with Gasteiger partial charge in [-0.3, -0.25) is 0 Å². The molecule has 1 aliphatic rings. The zero-order valence-electron chi connectivity index (χ0n) is 14.4. The van der Waals surface area contributed by atoms with E-state index in [1.165, 1.54) is 5.56 Å². The van der Waals surface area contributed by atoms with Crippen molar-refractivity contribution in [2.45, 2.75) is 38.6 Å². The van der Waals surface area contributed by atoms with Crippen molar-refractivity contribution < 1.29 is 8.42 Å². The van der Waals surface area contributed by atoms with E-state index in [4.69, 9.17) is 0 Å². The molecule has 2 aromatic rings. The van der Waals surface area contributed by atoms with Crippen LogP contribution in [-0.4, -0.2) is 31.7 Å². The molecule has 0 aromatic carbocycles. The van der Waals surface area contributed by atoms with Crippen LogP contribution in [0, 0.1) is 5.92 Å². The van der Waals surface area contributed by atoms with Crippen LogP contribution in [0.15, 0.2) is 35.2 Å². The number of aromatic nitrogens is 1. The Labute approximate surface area is 153 Å². The molecule has 0 atom stereocenters. The van der Waals surface area contributed by atoms with E-state index in [2.05, 4.69) is 37.9 Å². The largest absolute Gasteiger partial charge is 0.367 e. The lowest BCUT2D eigenvalue weighted by Crippen LogP contribution is -2.34. The Morgan fingerprint density at radius 3 is 2.56 bits per heavy atom. The summed E-state index contributed by atoms with van der Waals surface area (Å²) in [7, 11) is -3.08. The van der Waals surface area contributed by atoms with Crippen molar-refractivity contribution in [3.63, 3.8) is 0 Å². The van der Waals surface area contributed by atoms with Crippen LogP contribution in [0.1, 0.15) is 32.6 Å². The molecule has 25 heavy (non-hydrogen) atoms. The molecule has 0 amide bonds. The fraction of sp³-hybridized carbons (Fsp3) is 0.500. The van der Waals surface area contributed by atoms with Crippen molar-refractivity contribution in [1.82, 2.24) is 9.71 Å². The quantitative estimate of drug-likeness (QED) is 0.769. The summed E-state index contributed by atoms with van der Waals surface area (Å²) in [4.78, 5) is 4.53. The third-order valence-electron chi connectivity index (χ3n) is 4.79. The number of sulfonamides is 1. The van der Waals surface area contributed by atoms with E-state index in [0.717, 1.165) is 37.1 Å². The first-order chi connectivity index (χ1) is 12.1. The molecular formula is C18H25N3O2S2. The third-order valence-corrected chi connectivity index (χ3v) is 6.84. The number of thiophene rings is 1. The minimum absolute atomic E-state index is 0.150. The summed E-state index contributed by atoms with van der Waals surface area (Å²) < 4.78 is 25.8. The number of nitrogens with one attached hydrogen (secondary N) is 2. The van der Waals surface area contributed by atoms with Crippen LogP contribution in [0.5, 0.6) is 0 Å². The number of anilines is 1. The highest BCUT2D eigenvalue weighted by molar-refractivity contribution is 7.89. The molecule has 0 aliphatic heterocycles. The Balaban J connectivity index is 1.46. The van der Waals surface area contributed by atoms with Crippen molar-refractivity contribution in [1.29, 1.82) is 0 Å². The van der Waals surface area contributed by atoms with Crippen molar-refractivity contribution >= 4 is 27.2 Å². The van der Waals surface area contributed by atoms with Gasteiger partial charge in [0.2, 0.25) is 10.0 Å². The van der Waals surface area contributed by atoms with E-state index in [-0.39, 0.29) is 5.75 Å². The molecule has 1 fully saturated rings. The molecule has 7 heteroatoms. The van der Waals surface area contributed by atoms with E-state index < -0.39 is 10.0 Å². The summed E-state index contributed by atoms with van der Waals surface area (Å²) in [5.41, 5.74) is 2.35. The molecule has 0 spiro atoms. The molecule has 5 nitrogen and oxygen atoms in total. The maximum atomic E-state index is 11.5. The normalized spacial score (nSPS) is 21.2. The van der Waals surface area contributed by atoms with Gasteiger partial charge in [0.15, 0.2) is 0 Å². The smallest absolute Gasteiger partial charge is 0.211 e. The second kappa shape index (κ2) is 8.29. The average Bonchev–Trinajstić information content (AvgIpc) is 3.17. The number of rotatable bonds is 7. The van der Waals surface area contributed by atoms with Gasteiger partial charge in [-0.1, -0.05) is 0 Å². The summed E-state index contributed by atoms with van der Waals surface area (Å²) in [6.07, 6.45) is 6.09. The van der Waals surface area contributed by atoms with Crippen molar-refractivity contribution in [2.75, 3.05) is 17.6 Å². The fourth-order valence-electron chi connectivity index (χ4n) is 3.15. The molecule has 2 N–H and O–H groups in total. The lowest BCUT2D eigenvalue weighted by atomic mass is 9.86. The Hall–Kier alpha value is -1.44. The van der Waals surface area contributed by atoms with Crippen molar-refractivity contribution in [3.8, 4) is 11.1 Å². The second-order valence-electron chi connectivity index (χ2n) is 6.56. The molecule has 2 aromatic heterocycles. The Kier molecular flexibility index (Phi) is 6.09. The first-order valence-electron chi connectivity index (χ1n) is 8.78. The lowest BCUT2D eigenvalue weighted by molar-refractivity contribution is 0.337. The SMILES string of the molecule is CCS(=O)(=O)NCC1CCC(Nc2ccc(-c3ccsc3)cn2)CC1. The van der Waals surface area contributed by atoms with Gasteiger partial charge in [0.05, 0.1) is 5.75 Å². The van der Waals surface area contributed by atoms with E-state index in [1.807, 2.05) is 12.3 Å². The number of hydrogen-bond acceptors (Lipinski definition) is 5. The molecule has 0 saturated heterocycles. The predicted octanol–water partition coefficient (Wildman–Crippen LogP) is 3.72. The van der Waals surface area contributed by atoms with Gasteiger partial charge in [-0.2, -0.15) is 11.3 Å². The van der Waals surface area contributed by atoms with Gasteiger partial charge in [-0.15, -0.1) is 0 Å². The summed E-state index contributed by atoms with van der Waals surface area (Å²) in [6, 6.07) is 6.65. The van der Waals surface area contributed by atoms with Gasteiger partial charge >= 0.3 is 0 Å². The topological polar surface area (TPSA) is 71.1 Å². The molecule has 1 aliphatic carbocycles. The Bertz CT molecular complexity index is 750. The minimum Gasteiger partial charge on any atom is -0.367 e. The van der Waals surface area contributed by atoms with Crippen LogP contribution in [0.2, 0.25) is 0 Å².